The van der Waals surface area contributed by atoms with Gasteiger partial charge in [-0.15, -0.1) is 5.10 Å². The summed E-state index contributed by atoms with van der Waals surface area (Å²) in [5.41, 5.74) is 7.84. The molecule has 0 fully saturated rings. The van der Waals surface area contributed by atoms with E-state index in [-0.39, 0.29) is 17.3 Å². The van der Waals surface area contributed by atoms with Crippen LogP contribution in [0.4, 0.5) is 4.39 Å². The molecular weight excluding hydrogens is 477 g/mol. The second-order valence-corrected chi connectivity index (χ2v) is 8.45. The van der Waals surface area contributed by atoms with Gasteiger partial charge in [-0.2, -0.15) is 0 Å². The molecule has 11 heteroatoms. The summed E-state index contributed by atoms with van der Waals surface area (Å²) in [7, 11) is 0. The first kappa shape index (κ1) is 22.2. The lowest BCUT2D eigenvalue weighted by Gasteiger charge is -2.24. The minimum absolute atomic E-state index is 0.0537. The fraction of sp³-hybridized carbons (Fsp3) is 0.263. The lowest BCUT2D eigenvalue weighted by molar-refractivity contribution is 0.0996. The molecular formula is C19H19BrFN5O3S. The molecule has 0 aliphatic heterocycles. The Morgan fingerprint density at radius 3 is 2.77 bits per heavy atom. The standard InChI is InChI=1S/C19H19BrFN5O3S/c1-8-4-5-13(21)14(9(8)2)10(3)15(17-24-25-19(28)29-17)26-30-18-12(16(22)27)6-11(20)7-23-18/h4-7,10,15,26H,1-3H3,(H2,22,27)(H,25,28). The van der Waals surface area contributed by atoms with E-state index in [0.29, 0.717) is 15.1 Å². The Morgan fingerprint density at radius 1 is 1.40 bits per heavy atom. The highest BCUT2D eigenvalue weighted by atomic mass is 79.9. The van der Waals surface area contributed by atoms with Crippen LogP contribution in [0.25, 0.3) is 0 Å². The van der Waals surface area contributed by atoms with Gasteiger partial charge in [0.15, 0.2) is 0 Å². The van der Waals surface area contributed by atoms with Crippen LogP contribution in [0.3, 0.4) is 0 Å². The number of aromatic nitrogens is 3. The Kier molecular flexibility index (Phi) is 6.74. The molecule has 4 N–H and O–H groups in total. The zero-order valence-electron chi connectivity index (χ0n) is 16.3. The third-order valence-corrected chi connectivity index (χ3v) is 6.10. The van der Waals surface area contributed by atoms with Gasteiger partial charge in [0.05, 0.1) is 5.56 Å². The van der Waals surface area contributed by atoms with Gasteiger partial charge in [0.1, 0.15) is 16.9 Å². The molecule has 0 aliphatic rings. The van der Waals surface area contributed by atoms with Crippen molar-refractivity contribution < 1.29 is 13.6 Å². The van der Waals surface area contributed by atoms with Crippen molar-refractivity contribution in [2.45, 2.75) is 37.8 Å². The van der Waals surface area contributed by atoms with Crippen molar-refractivity contribution in [3.05, 3.63) is 73.4 Å². The molecule has 158 valence electrons. The van der Waals surface area contributed by atoms with E-state index in [4.69, 9.17) is 10.2 Å². The number of nitrogens with two attached hydrogens (primary N) is 1. The van der Waals surface area contributed by atoms with Crippen LogP contribution in [0.2, 0.25) is 0 Å². The largest absolute Gasteiger partial charge is 0.434 e. The summed E-state index contributed by atoms with van der Waals surface area (Å²) < 4.78 is 23.5. The third-order valence-electron chi connectivity index (χ3n) is 4.77. The monoisotopic (exact) mass is 495 g/mol. The second-order valence-electron chi connectivity index (χ2n) is 6.71. The van der Waals surface area contributed by atoms with Gasteiger partial charge in [-0.3, -0.25) is 4.79 Å². The predicted octanol–water partition coefficient (Wildman–Crippen LogP) is 3.52. The van der Waals surface area contributed by atoms with Crippen molar-refractivity contribution in [2.75, 3.05) is 0 Å². The number of nitrogens with zero attached hydrogens (tertiary/aromatic N) is 2. The summed E-state index contributed by atoms with van der Waals surface area (Å²) in [6.45, 7) is 5.51. The maximum atomic E-state index is 14.7. The van der Waals surface area contributed by atoms with E-state index in [1.54, 1.807) is 19.1 Å². The van der Waals surface area contributed by atoms with Gasteiger partial charge in [-0.05, 0) is 70.5 Å². The molecule has 30 heavy (non-hydrogen) atoms. The number of hydrogen-bond donors (Lipinski definition) is 3. The number of benzene rings is 1. The van der Waals surface area contributed by atoms with Crippen LogP contribution in [-0.4, -0.2) is 21.1 Å². The first-order valence-electron chi connectivity index (χ1n) is 8.87. The summed E-state index contributed by atoms with van der Waals surface area (Å²) in [6.07, 6.45) is 1.52. The van der Waals surface area contributed by atoms with Crippen molar-refractivity contribution >= 4 is 33.8 Å². The molecule has 1 aromatic carbocycles. The van der Waals surface area contributed by atoms with E-state index in [0.717, 1.165) is 23.1 Å². The molecule has 0 bridgehead atoms. The van der Waals surface area contributed by atoms with E-state index >= 15 is 0 Å². The van der Waals surface area contributed by atoms with Crippen LogP contribution < -0.4 is 16.2 Å². The second kappa shape index (κ2) is 9.11. The highest BCUT2D eigenvalue weighted by Gasteiger charge is 2.30. The number of hydrogen-bond acceptors (Lipinski definition) is 7. The normalized spacial score (nSPS) is 13.2. The number of amides is 1. The SMILES string of the molecule is Cc1ccc(F)c(C(C)C(NSc2ncc(Br)cc2C(N)=O)c2n[nH]c(=O)o2)c1C. The summed E-state index contributed by atoms with van der Waals surface area (Å²) in [6, 6.07) is 3.95. The molecule has 0 radical (unpaired) electrons. The van der Waals surface area contributed by atoms with Crippen molar-refractivity contribution in [2.24, 2.45) is 5.73 Å². The van der Waals surface area contributed by atoms with Crippen LogP contribution in [0.5, 0.6) is 0 Å². The molecule has 2 unspecified atom stereocenters. The van der Waals surface area contributed by atoms with Gasteiger partial charge in [0, 0.05) is 16.6 Å². The Balaban J connectivity index is 1.99. The van der Waals surface area contributed by atoms with Crippen LogP contribution in [0.15, 0.2) is 43.1 Å². The van der Waals surface area contributed by atoms with Crippen molar-refractivity contribution in [3.8, 4) is 0 Å². The van der Waals surface area contributed by atoms with Crippen LogP contribution >= 0.6 is 27.9 Å². The van der Waals surface area contributed by atoms with Crippen LogP contribution in [0, 0.1) is 19.7 Å². The molecule has 2 aromatic heterocycles. The van der Waals surface area contributed by atoms with E-state index in [9.17, 15) is 14.0 Å². The lowest BCUT2D eigenvalue weighted by Crippen LogP contribution is -2.24. The molecule has 3 aromatic rings. The highest BCUT2D eigenvalue weighted by Crippen LogP contribution is 2.36. The van der Waals surface area contributed by atoms with Gasteiger partial charge in [0.25, 0.3) is 5.91 Å². The summed E-state index contributed by atoms with van der Waals surface area (Å²) in [4.78, 5) is 27.5. The van der Waals surface area contributed by atoms with Gasteiger partial charge in [-0.25, -0.2) is 24.0 Å². The molecule has 0 saturated heterocycles. The Bertz CT molecular complexity index is 1150. The minimum Gasteiger partial charge on any atom is -0.391 e. The summed E-state index contributed by atoms with van der Waals surface area (Å²) in [5.74, 6) is -2.17. The van der Waals surface area contributed by atoms with Gasteiger partial charge in [-0.1, -0.05) is 13.0 Å². The summed E-state index contributed by atoms with van der Waals surface area (Å²) in [5, 5.41) is 6.45. The average molecular weight is 496 g/mol. The first-order valence-corrected chi connectivity index (χ1v) is 10.5. The molecule has 2 atom stereocenters. The van der Waals surface area contributed by atoms with E-state index in [2.05, 4.69) is 35.8 Å². The number of nitrogens with one attached hydrogen (secondary N) is 2. The molecule has 2 heterocycles. The number of carbonyl (C=O) groups excluding carboxylic acids is 1. The molecule has 0 aliphatic carbocycles. The number of H-pyrrole nitrogens is 1. The fourth-order valence-corrected chi connectivity index (χ4v) is 4.32. The topological polar surface area (TPSA) is 127 Å². The lowest BCUT2D eigenvalue weighted by atomic mass is 9.88. The molecule has 0 saturated carbocycles. The van der Waals surface area contributed by atoms with Crippen molar-refractivity contribution in [1.82, 2.24) is 19.9 Å². The van der Waals surface area contributed by atoms with E-state index < -0.39 is 23.6 Å². The first-order chi connectivity index (χ1) is 14.2. The van der Waals surface area contributed by atoms with Crippen LogP contribution in [-0.2, 0) is 0 Å². The van der Waals surface area contributed by atoms with Crippen molar-refractivity contribution in [1.29, 1.82) is 0 Å². The number of primary amides is 1. The highest BCUT2D eigenvalue weighted by molar-refractivity contribution is 9.10. The average Bonchev–Trinajstić information content (AvgIpc) is 3.12. The third kappa shape index (κ3) is 4.63. The number of rotatable bonds is 7. The molecule has 8 nitrogen and oxygen atoms in total. The maximum Gasteiger partial charge on any atom is 0.434 e. The fourth-order valence-electron chi connectivity index (χ4n) is 3.07. The smallest absolute Gasteiger partial charge is 0.391 e. The number of aryl methyl sites for hydroxylation is 1. The molecule has 0 spiro atoms. The number of halogens is 2. The number of aromatic amines is 1. The Labute approximate surface area is 184 Å². The Morgan fingerprint density at radius 2 is 2.13 bits per heavy atom. The zero-order valence-corrected chi connectivity index (χ0v) is 18.7. The minimum atomic E-state index is -0.727. The van der Waals surface area contributed by atoms with Crippen LogP contribution in [0.1, 0.15) is 51.8 Å². The maximum absolute atomic E-state index is 14.7. The molecule has 1 amide bonds. The van der Waals surface area contributed by atoms with Gasteiger partial charge in [0.2, 0.25) is 5.89 Å². The number of pyridine rings is 1. The van der Waals surface area contributed by atoms with Crippen molar-refractivity contribution in [3.63, 3.8) is 0 Å². The van der Waals surface area contributed by atoms with Gasteiger partial charge >= 0.3 is 5.76 Å². The number of carbonyl (C=O) groups is 1. The predicted molar refractivity (Wildman–Crippen MR) is 114 cm³/mol. The van der Waals surface area contributed by atoms with E-state index in [1.807, 2.05) is 13.8 Å². The zero-order chi connectivity index (χ0) is 22.0. The van der Waals surface area contributed by atoms with E-state index in [1.165, 1.54) is 12.3 Å². The Hall–Kier alpha value is -2.50. The van der Waals surface area contributed by atoms with Gasteiger partial charge < -0.3 is 10.2 Å². The quantitative estimate of drug-likeness (QED) is 0.427. The molecule has 3 rings (SSSR count). The summed E-state index contributed by atoms with van der Waals surface area (Å²) >= 11 is 4.27.